The van der Waals surface area contributed by atoms with Crippen molar-refractivity contribution in [1.82, 2.24) is 0 Å². The molecular formula is C13H19Br2NO. The maximum absolute atomic E-state index is 6.02. The summed E-state index contributed by atoms with van der Waals surface area (Å²) in [4.78, 5) is 0. The van der Waals surface area contributed by atoms with Gasteiger partial charge in [-0.2, -0.15) is 0 Å². The first-order valence-electron chi connectivity index (χ1n) is 5.99. The smallest absolute Gasteiger partial charge is 0.156 e. The van der Waals surface area contributed by atoms with E-state index in [0.717, 1.165) is 40.4 Å². The molecule has 0 atom stereocenters. The largest absolute Gasteiger partial charge is 0.487 e. The average Bonchev–Trinajstić information content (AvgIpc) is 2.23. The van der Waals surface area contributed by atoms with E-state index < -0.39 is 0 Å². The van der Waals surface area contributed by atoms with Crippen molar-refractivity contribution >= 4 is 37.5 Å². The van der Waals surface area contributed by atoms with Gasteiger partial charge in [0, 0.05) is 4.47 Å². The third kappa shape index (κ3) is 4.51. The highest BCUT2D eigenvalue weighted by Gasteiger charge is 2.14. The molecule has 0 saturated heterocycles. The zero-order valence-corrected chi connectivity index (χ0v) is 13.5. The monoisotopic (exact) mass is 363 g/mol. The zero-order valence-electron chi connectivity index (χ0n) is 10.3. The summed E-state index contributed by atoms with van der Waals surface area (Å²) in [7, 11) is 0. The second kappa shape index (κ2) is 7.27. The van der Waals surface area contributed by atoms with Crippen LogP contribution in [0.3, 0.4) is 0 Å². The first kappa shape index (κ1) is 14.8. The number of hydrogen-bond acceptors (Lipinski definition) is 2. The van der Waals surface area contributed by atoms with Gasteiger partial charge >= 0.3 is 0 Å². The number of benzene rings is 1. The van der Waals surface area contributed by atoms with Gasteiger partial charge in [0.1, 0.15) is 0 Å². The van der Waals surface area contributed by atoms with Gasteiger partial charge in [-0.25, -0.2) is 0 Å². The lowest BCUT2D eigenvalue weighted by molar-refractivity contribution is 0.178. The van der Waals surface area contributed by atoms with Crippen molar-refractivity contribution in [2.24, 2.45) is 0 Å². The Hall–Kier alpha value is -0.220. The molecule has 1 rings (SSSR count). The standard InChI is InChI=1S/C13H19Br2NO/c1-3-5-10(6-4-2)17-13-11(15)7-9(14)8-12(13)16/h7-8,10H,3-6,16H2,1-2H3. The zero-order chi connectivity index (χ0) is 12.8. The number of halogens is 2. The van der Waals surface area contributed by atoms with Crippen LogP contribution in [-0.4, -0.2) is 6.10 Å². The molecule has 0 radical (unpaired) electrons. The SMILES string of the molecule is CCCC(CCC)Oc1c(N)cc(Br)cc1Br. The van der Waals surface area contributed by atoms with E-state index in [0.29, 0.717) is 5.69 Å². The minimum atomic E-state index is 0.254. The topological polar surface area (TPSA) is 35.2 Å². The van der Waals surface area contributed by atoms with E-state index in [1.54, 1.807) is 0 Å². The van der Waals surface area contributed by atoms with Gasteiger partial charge in [-0.15, -0.1) is 0 Å². The first-order valence-corrected chi connectivity index (χ1v) is 7.58. The second-order valence-electron chi connectivity index (χ2n) is 4.12. The number of hydrogen-bond donors (Lipinski definition) is 1. The highest BCUT2D eigenvalue weighted by Crippen LogP contribution is 2.36. The van der Waals surface area contributed by atoms with Crippen molar-refractivity contribution in [2.75, 3.05) is 5.73 Å². The molecule has 0 amide bonds. The molecule has 0 heterocycles. The third-order valence-corrected chi connectivity index (χ3v) is 3.59. The minimum Gasteiger partial charge on any atom is -0.487 e. The van der Waals surface area contributed by atoms with Crippen LogP contribution in [0.25, 0.3) is 0 Å². The Morgan fingerprint density at radius 2 is 1.76 bits per heavy atom. The van der Waals surface area contributed by atoms with Crippen molar-refractivity contribution in [3.05, 3.63) is 21.1 Å². The lowest BCUT2D eigenvalue weighted by Crippen LogP contribution is -2.17. The van der Waals surface area contributed by atoms with Gasteiger partial charge < -0.3 is 10.5 Å². The molecule has 0 aromatic heterocycles. The molecule has 96 valence electrons. The molecule has 2 N–H and O–H groups in total. The van der Waals surface area contributed by atoms with Crippen LogP contribution in [0, 0.1) is 0 Å². The summed E-state index contributed by atoms with van der Waals surface area (Å²) in [5, 5.41) is 0. The number of anilines is 1. The fourth-order valence-corrected chi connectivity index (χ4v) is 3.13. The maximum Gasteiger partial charge on any atom is 0.156 e. The van der Waals surface area contributed by atoms with Crippen LogP contribution in [0.15, 0.2) is 21.1 Å². The Kier molecular flexibility index (Phi) is 6.34. The highest BCUT2D eigenvalue weighted by molar-refractivity contribution is 9.11. The van der Waals surface area contributed by atoms with E-state index in [2.05, 4.69) is 45.7 Å². The Bertz CT molecular complexity index is 339. The Balaban J connectivity index is 2.84. The summed E-state index contributed by atoms with van der Waals surface area (Å²) in [6.07, 6.45) is 4.63. The quantitative estimate of drug-likeness (QED) is 0.709. The molecule has 0 fully saturated rings. The molecule has 2 nitrogen and oxygen atoms in total. The van der Waals surface area contributed by atoms with Gasteiger partial charge in [-0.1, -0.05) is 42.6 Å². The Morgan fingerprint density at radius 1 is 1.18 bits per heavy atom. The van der Waals surface area contributed by atoms with Crippen LogP contribution in [0.4, 0.5) is 5.69 Å². The first-order chi connectivity index (χ1) is 8.08. The predicted molar refractivity (Wildman–Crippen MR) is 80.5 cm³/mol. The van der Waals surface area contributed by atoms with Gasteiger partial charge in [0.2, 0.25) is 0 Å². The normalized spacial score (nSPS) is 10.9. The molecule has 0 aliphatic rings. The molecule has 0 aliphatic carbocycles. The number of nitrogens with two attached hydrogens (primary N) is 1. The minimum absolute atomic E-state index is 0.254. The van der Waals surface area contributed by atoms with Gasteiger partial charge in [0.05, 0.1) is 16.3 Å². The Morgan fingerprint density at radius 3 is 2.24 bits per heavy atom. The summed E-state index contributed by atoms with van der Waals surface area (Å²) in [5.41, 5.74) is 6.65. The van der Waals surface area contributed by atoms with Gasteiger partial charge in [0.15, 0.2) is 5.75 Å². The molecule has 17 heavy (non-hydrogen) atoms. The summed E-state index contributed by atoms with van der Waals surface area (Å²) >= 11 is 6.90. The van der Waals surface area contributed by atoms with Gasteiger partial charge in [-0.3, -0.25) is 0 Å². The molecule has 0 saturated carbocycles. The van der Waals surface area contributed by atoms with Crippen LogP contribution in [-0.2, 0) is 0 Å². The fourth-order valence-electron chi connectivity index (χ4n) is 1.78. The molecule has 0 spiro atoms. The number of ether oxygens (including phenoxy) is 1. The summed E-state index contributed by atoms with van der Waals surface area (Å²) in [5.74, 6) is 0.764. The molecule has 0 bridgehead atoms. The van der Waals surface area contributed by atoms with E-state index in [4.69, 9.17) is 10.5 Å². The van der Waals surface area contributed by atoms with E-state index in [9.17, 15) is 0 Å². The maximum atomic E-state index is 6.02. The molecule has 0 aliphatic heterocycles. The Labute approximate surface area is 120 Å². The van der Waals surface area contributed by atoms with Crippen molar-refractivity contribution in [3.8, 4) is 5.75 Å². The lowest BCUT2D eigenvalue weighted by atomic mass is 10.1. The predicted octanol–water partition coefficient (Wildman–Crippen LogP) is 5.14. The van der Waals surface area contributed by atoms with E-state index >= 15 is 0 Å². The van der Waals surface area contributed by atoms with E-state index in [1.165, 1.54) is 0 Å². The summed E-state index contributed by atoms with van der Waals surface area (Å²) < 4.78 is 7.88. The van der Waals surface area contributed by atoms with Gasteiger partial charge in [0.25, 0.3) is 0 Å². The van der Waals surface area contributed by atoms with E-state index in [1.807, 2.05) is 12.1 Å². The highest BCUT2D eigenvalue weighted by atomic mass is 79.9. The molecule has 0 unspecified atom stereocenters. The van der Waals surface area contributed by atoms with Crippen molar-refractivity contribution < 1.29 is 4.74 Å². The van der Waals surface area contributed by atoms with E-state index in [-0.39, 0.29) is 6.10 Å². The molecule has 4 heteroatoms. The molecule has 1 aromatic carbocycles. The van der Waals surface area contributed by atoms with Crippen LogP contribution < -0.4 is 10.5 Å². The third-order valence-electron chi connectivity index (χ3n) is 2.54. The summed E-state index contributed by atoms with van der Waals surface area (Å²) in [6, 6.07) is 3.83. The number of rotatable bonds is 6. The van der Waals surface area contributed by atoms with Crippen LogP contribution in [0.1, 0.15) is 39.5 Å². The fraction of sp³-hybridized carbons (Fsp3) is 0.538. The lowest BCUT2D eigenvalue weighted by Gasteiger charge is -2.20. The number of nitrogen functional groups attached to an aromatic ring is 1. The second-order valence-corrected chi connectivity index (χ2v) is 5.89. The summed E-state index contributed by atoms with van der Waals surface area (Å²) in [6.45, 7) is 4.35. The average molecular weight is 365 g/mol. The van der Waals surface area contributed by atoms with Crippen LogP contribution in [0.5, 0.6) is 5.75 Å². The van der Waals surface area contributed by atoms with Gasteiger partial charge in [-0.05, 0) is 40.9 Å². The van der Waals surface area contributed by atoms with Crippen LogP contribution >= 0.6 is 31.9 Å². The van der Waals surface area contributed by atoms with Crippen molar-refractivity contribution in [3.63, 3.8) is 0 Å². The molecular weight excluding hydrogens is 346 g/mol. The van der Waals surface area contributed by atoms with Crippen molar-refractivity contribution in [2.45, 2.75) is 45.6 Å². The van der Waals surface area contributed by atoms with Crippen LogP contribution in [0.2, 0.25) is 0 Å². The van der Waals surface area contributed by atoms with Crippen molar-refractivity contribution in [1.29, 1.82) is 0 Å². The molecule has 1 aromatic rings.